The fourth-order valence-corrected chi connectivity index (χ4v) is 2.37. The molecule has 19 heavy (non-hydrogen) atoms. The number of hydrogen-bond donors (Lipinski definition) is 1. The van der Waals surface area contributed by atoms with Gasteiger partial charge in [0.25, 0.3) is 0 Å². The second-order valence-electron chi connectivity index (χ2n) is 4.92. The molecule has 2 rings (SSSR count). The lowest BCUT2D eigenvalue weighted by Gasteiger charge is -2.37. The van der Waals surface area contributed by atoms with Crippen LogP contribution in [0.1, 0.15) is 31.4 Å². The summed E-state index contributed by atoms with van der Waals surface area (Å²) >= 11 is 0. The summed E-state index contributed by atoms with van der Waals surface area (Å²) in [6.45, 7) is 6.06. The molecule has 1 fully saturated rings. The molecule has 0 aliphatic carbocycles. The first-order valence-electron chi connectivity index (χ1n) is 6.55. The standard InChI is InChI=1S/C14H19N3O2/c1-4-12-13(18)16-10(3)14(19)17(12)8-11-5-6-15-7-9(11)2/h5-7,10,12H,4,8H2,1-3H3,(H,16,18). The SMILES string of the molecule is CCC1C(=O)NC(C)C(=O)N1Cc1ccncc1C. The Bertz CT molecular complexity index is 501. The van der Waals surface area contributed by atoms with Crippen LogP contribution in [-0.2, 0) is 16.1 Å². The number of carbonyl (C=O) groups excluding carboxylic acids is 2. The average Bonchev–Trinajstić information content (AvgIpc) is 2.38. The summed E-state index contributed by atoms with van der Waals surface area (Å²) < 4.78 is 0. The number of amides is 2. The van der Waals surface area contributed by atoms with Crippen molar-refractivity contribution in [2.45, 2.75) is 45.8 Å². The summed E-state index contributed by atoms with van der Waals surface area (Å²) in [6, 6.07) is 1.07. The number of aromatic nitrogens is 1. The summed E-state index contributed by atoms with van der Waals surface area (Å²) in [6.07, 6.45) is 4.10. The van der Waals surface area contributed by atoms with Gasteiger partial charge < -0.3 is 10.2 Å². The fraction of sp³-hybridized carbons (Fsp3) is 0.500. The highest BCUT2D eigenvalue weighted by atomic mass is 16.2. The molecule has 102 valence electrons. The van der Waals surface area contributed by atoms with Crippen molar-refractivity contribution < 1.29 is 9.59 Å². The lowest BCUT2D eigenvalue weighted by atomic mass is 10.0. The van der Waals surface area contributed by atoms with Gasteiger partial charge in [0.1, 0.15) is 12.1 Å². The molecule has 0 saturated carbocycles. The van der Waals surface area contributed by atoms with Crippen molar-refractivity contribution >= 4 is 11.8 Å². The molecule has 1 N–H and O–H groups in total. The van der Waals surface area contributed by atoms with Crippen LogP contribution >= 0.6 is 0 Å². The lowest BCUT2D eigenvalue weighted by molar-refractivity contribution is -0.149. The molecule has 0 spiro atoms. The van der Waals surface area contributed by atoms with E-state index < -0.39 is 6.04 Å². The Hall–Kier alpha value is -1.91. The normalized spacial score (nSPS) is 23.4. The first-order chi connectivity index (χ1) is 9.04. The van der Waals surface area contributed by atoms with E-state index in [-0.39, 0.29) is 17.9 Å². The Kier molecular flexibility index (Phi) is 3.83. The highest BCUT2D eigenvalue weighted by molar-refractivity contribution is 5.96. The van der Waals surface area contributed by atoms with Crippen LogP contribution in [0.4, 0.5) is 0 Å². The zero-order chi connectivity index (χ0) is 14.0. The summed E-state index contributed by atoms with van der Waals surface area (Å²) in [5.74, 6) is -0.0935. The third-order valence-corrected chi connectivity index (χ3v) is 3.56. The molecule has 0 radical (unpaired) electrons. The zero-order valence-electron chi connectivity index (χ0n) is 11.5. The maximum Gasteiger partial charge on any atom is 0.245 e. The molecular formula is C14H19N3O2. The minimum Gasteiger partial charge on any atom is -0.343 e. The molecule has 1 aliphatic heterocycles. The number of piperazine rings is 1. The van der Waals surface area contributed by atoms with E-state index >= 15 is 0 Å². The van der Waals surface area contributed by atoms with Crippen molar-refractivity contribution in [1.29, 1.82) is 0 Å². The predicted molar refractivity (Wildman–Crippen MR) is 71.2 cm³/mol. The van der Waals surface area contributed by atoms with E-state index in [0.717, 1.165) is 11.1 Å². The van der Waals surface area contributed by atoms with Gasteiger partial charge in [0.15, 0.2) is 0 Å². The van der Waals surface area contributed by atoms with Gasteiger partial charge in [0.05, 0.1) is 0 Å². The van der Waals surface area contributed by atoms with Crippen molar-refractivity contribution in [2.24, 2.45) is 0 Å². The first-order valence-corrected chi connectivity index (χ1v) is 6.55. The molecule has 0 bridgehead atoms. The monoisotopic (exact) mass is 261 g/mol. The predicted octanol–water partition coefficient (Wildman–Crippen LogP) is 1.02. The fourth-order valence-electron chi connectivity index (χ4n) is 2.37. The van der Waals surface area contributed by atoms with Gasteiger partial charge in [-0.2, -0.15) is 0 Å². The minimum absolute atomic E-state index is 0.0253. The van der Waals surface area contributed by atoms with Crippen molar-refractivity contribution in [3.05, 3.63) is 29.6 Å². The quantitative estimate of drug-likeness (QED) is 0.883. The van der Waals surface area contributed by atoms with Gasteiger partial charge >= 0.3 is 0 Å². The molecule has 1 aromatic rings. The number of pyridine rings is 1. The maximum absolute atomic E-state index is 12.3. The van der Waals surface area contributed by atoms with Crippen LogP contribution in [0.25, 0.3) is 0 Å². The van der Waals surface area contributed by atoms with Crippen molar-refractivity contribution in [2.75, 3.05) is 0 Å². The molecule has 2 amide bonds. The van der Waals surface area contributed by atoms with E-state index in [2.05, 4.69) is 10.3 Å². The van der Waals surface area contributed by atoms with Gasteiger partial charge in [-0.1, -0.05) is 6.92 Å². The van der Waals surface area contributed by atoms with Gasteiger partial charge in [-0.25, -0.2) is 0 Å². The van der Waals surface area contributed by atoms with Crippen LogP contribution in [-0.4, -0.2) is 33.8 Å². The Morgan fingerprint density at radius 2 is 2.16 bits per heavy atom. The van der Waals surface area contributed by atoms with Crippen LogP contribution in [0.15, 0.2) is 18.5 Å². The highest BCUT2D eigenvalue weighted by Crippen LogP contribution is 2.18. The summed E-state index contributed by atoms with van der Waals surface area (Å²) in [7, 11) is 0. The topological polar surface area (TPSA) is 62.3 Å². The van der Waals surface area contributed by atoms with Gasteiger partial charge in [-0.3, -0.25) is 14.6 Å². The Morgan fingerprint density at radius 3 is 2.79 bits per heavy atom. The molecule has 2 atom stereocenters. The zero-order valence-corrected chi connectivity index (χ0v) is 11.5. The summed E-state index contributed by atoms with van der Waals surface area (Å²) in [5.41, 5.74) is 2.06. The van der Waals surface area contributed by atoms with Crippen LogP contribution in [0.2, 0.25) is 0 Å². The van der Waals surface area contributed by atoms with Gasteiger partial charge in [-0.15, -0.1) is 0 Å². The number of nitrogens with zero attached hydrogens (tertiary/aromatic N) is 2. The van der Waals surface area contributed by atoms with E-state index in [4.69, 9.17) is 0 Å². The molecule has 1 saturated heterocycles. The third-order valence-electron chi connectivity index (χ3n) is 3.56. The molecule has 5 nitrogen and oxygen atoms in total. The van der Waals surface area contributed by atoms with E-state index in [1.807, 2.05) is 19.9 Å². The van der Waals surface area contributed by atoms with E-state index in [9.17, 15) is 9.59 Å². The molecule has 5 heteroatoms. The van der Waals surface area contributed by atoms with Crippen LogP contribution in [0.3, 0.4) is 0 Å². The van der Waals surface area contributed by atoms with Gasteiger partial charge in [0.2, 0.25) is 11.8 Å². The van der Waals surface area contributed by atoms with Crippen LogP contribution in [0.5, 0.6) is 0 Å². The molecule has 0 aromatic carbocycles. The molecule has 1 aromatic heterocycles. The number of carbonyl (C=O) groups is 2. The Labute approximate surface area is 113 Å². The summed E-state index contributed by atoms with van der Waals surface area (Å²) in [5, 5.41) is 2.72. The van der Waals surface area contributed by atoms with Crippen LogP contribution < -0.4 is 5.32 Å². The molecule has 2 heterocycles. The lowest BCUT2D eigenvalue weighted by Crippen LogP contribution is -2.61. The third kappa shape index (κ3) is 2.59. The van der Waals surface area contributed by atoms with E-state index in [1.165, 1.54) is 0 Å². The Morgan fingerprint density at radius 1 is 1.42 bits per heavy atom. The number of aryl methyl sites for hydroxylation is 1. The van der Waals surface area contributed by atoms with E-state index in [0.29, 0.717) is 13.0 Å². The number of rotatable bonds is 3. The molecule has 1 aliphatic rings. The number of nitrogens with one attached hydrogen (secondary N) is 1. The molecular weight excluding hydrogens is 242 g/mol. The minimum atomic E-state index is -0.447. The largest absolute Gasteiger partial charge is 0.343 e. The second-order valence-corrected chi connectivity index (χ2v) is 4.92. The van der Waals surface area contributed by atoms with Crippen molar-refractivity contribution in [3.63, 3.8) is 0 Å². The molecule has 2 unspecified atom stereocenters. The first kappa shape index (κ1) is 13.5. The van der Waals surface area contributed by atoms with Gasteiger partial charge in [0, 0.05) is 18.9 Å². The maximum atomic E-state index is 12.3. The smallest absolute Gasteiger partial charge is 0.245 e. The average molecular weight is 261 g/mol. The van der Waals surface area contributed by atoms with Gasteiger partial charge in [-0.05, 0) is 37.5 Å². The van der Waals surface area contributed by atoms with Crippen molar-refractivity contribution in [3.8, 4) is 0 Å². The number of hydrogen-bond acceptors (Lipinski definition) is 3. The van der Waals surface area contributed by atoms with E-state index in [1.54, 1.807) is 24.2 Å². The Balaban J connectivity index is 2.27. The van der Waals surface area contributed by atoms with Crippen LogP contribution in [0, 0.1) is 6.92 Å². The van der Waals surface area contributed by atoms with Crippen molar-refractivity contribution in [1.82, 2.24) is 15.2 Å². The summed E-state index contributed by atoms with van der Waals surface area (Å²) in [4.78, 5) is 29.9. The second kappa shape index (κ2) is 5.38. The highest BCUT2D eigenvalue weighted by Gasteiger charge is 2.37.